The van der Waals surface area contributed by atoms with E-state index in [2.05, 4.69) is 13.8 Å². The molecule has 0 aliphatic carbocycles. The summed E-state index contributed by atoms with van der Waals surface area (Å²) in [6, 6.07) is 15.7. The van der Waals surface area contributed by atoms with Crippen LogP contribution in [0.2, 0.25) is 0 Å². The van der Waals surface area contributed by atoms with Crippen LogP contribution >= 0.6 is 0 Å². The second-order valence-electron chi connectivity index (χ2n) is 12.9. The van der Waals surface area contributed by atoms with Crippen molar-refractivity contribution in [3.8, 4) is 17.2 Å². The van der Waals surface area contributed by atoms with E-state index in [-0.39, 0.29) is 28.7 Å². The molecule has 0 bridgehead atoms. The molecule has 0 N–H and O–H groups in total. The summed E-state index contributed by atoms with van der Waals surface area (Å²) in [7, 11) is 0. The molecule has 276 valence electrons. The normalized spacial score (nSPS) is 11.4. The van der Waals surface area contributed by atoms with E-state index in [9.17, 15) is 24.5 Å². The van der Waals surface area contributed by atoms with E-state index < -0.39 is 28.5 Å². The summed E-state index contributed by atoms with van der Waals surface area (Å²) in [5.41, 5.74) is -0.196. The third kappa shape index (κ3) is 15.0. The lowest BCUT2D eigenvalue weighted by Gasteiger charge is -2.13. The summed E-state index contributed by atoms with van der Waals surface area (Å²) < 4.78 is 22.0. The van der Waals surface area contributed by atoms with Gasteiger partial charge in [-0.05, 0) is 86.8 Å². The van der Waals surface area contributed by atoms with Crippen molar-refractivity contribution in [2.45, 2.75) is 123 Å². The molecule has 1 unspecified atom stereocenters. The van der Waals surface area contributed by atoms with Gasteiger partial charge in [0.1, 0.15) is 11.5 Å². The van der Waals surface area contributed by atoms with Gasteiger partial charge in [0.15, 0.2) is 0 Å². The zero-order valence-corrected chi connectivity index (χ0v) is 30.4. The summed E-state index contributed by atoms with van der Waals surface area (Å²) in [6.07, 6.45) is 17.3. The molecule has 0 amide bonds. The minimum atomic E-state index is -0.861. The molecule has 0 saturated heterocycles. The lowest BCUT2D eigenvalue weighted by Crippen LogP contribution is -2.15. The van der Waals surface area contributed by atoms with Crippen molar-refractivity contribution in [1.82, 2.24) is 0 Å². The van der Waals surface area contributed by atoms with E-state index >= 15 is 0 Å². The maximum Gasteiger partial charge on any atom is 0.343 e. The number of ether oxygens (including phenoxy) is 4. The Balaban J connectivity index is 1.46. The first-order valence-corrected chi connectivity index (χ1v) is 18.5. The van der Waals surface area contributed by atoms with Gasteiger partial charge in [0.25, 0.3) is 0 Å². The Hall–Kier alpha value is -4.73. The van der Waals surface area contributed by atoms with Crippen molar-refractivity contribution in [1.29, 1.82) is 0 Å². The Labute approximate surface area is 302 Å². The minimum absolute atomic E-state index is 0.120. The molecule has 10 heteroatoms. The number of nitro benzene ring substituents is 1. The molecule has 0 aliphatic heterocycles. The molecule has 51 heavy (non-hydrogen) atoms. The minimum Gasteiger partial charge on any atom is -0.494 e. The summed E-state index contributed by atoms with van der Waals surface area (Å²) in [6.45, 7) is 6.81. The van der Waals surface area contributed by atoms with Gasteiger partial charge < -0.3 is 18.9 Å². The molecule has 0 fully saturated rings. The number of unbranched alkanes of at least 4 members (excludes halogenated alkanes) is 12. The third-order valence-electron chi connectivity index (χ3n) is 8.52. The predicted octanol–water partition coefficient (Wildman–Crippen LogP) is 10.8. The van der Waals surface area contributed by atoms with Gasteiger partial charge in [-0.1, -0.05) is 90.9 Å². The number of benzene rings is 3. The first-order chi connectivity index (χ1) is 24.7. The van der Waals surface area contributed by atoms with Crippen LogP contribution in [0.3, 0.4) is 0 Å². The van der Waals surface area contributed by atoms with Crippen LogP contribution in [0.4, 0.5) is 5.69 Å². The van der Waals surface area contributed by atoms with Crippen LogP contribution in [0.15, 0.2) is 66.7 Å². The predicted molar refractivity (Wildman–Crippen MR) is 197 cm³/mol. The van der Waals surface area contributed by atoms with E-state index in [0.717, 1.165) is 51.0 Å². The van der Waals surface area contributed by atoms with E-state index in [4.69, 9.17) is 18.9 Å². The van der Waals surface area contributed by atoms with E-state index in [1.54, 1.807) is 12.1 Å². The van der Waals surface area contributed by atoms with Crippen molar-refractivity contribution in [2.75, 3.05) is 6.61 Å². The van der Waals surface area contributed by atoms with E-state index in [1.165, 1.54) is 99.9 Å². The molecule has 3 rings (SSSR count). The third-order valence-corrected chi connectivity index (χ3v) is 8.52. The standard InChI is InChI=1S/C41H53NO9/c1-4-6-8-10-11-12-13-14-15-17-29-48-35-24-19-33(20-25-35)40(44)51-38-28-23-34(30-37(38)42(46)47)41(45)50-36-26-21-32(22-27-36)39(43)49-31(3)18-16-9-7-5-2/h19-28,30-31H,4-18,29H2,1-3H3. The SMILES string of the molecule is CCCCCCCCCCCCOc1ccc(C(=O)Oc2ccc(C(=O)Oc3ccc(C(=O)OC(C)CCCCCC)cc3)cc2[N+](=O)[O-])cc1. The zero-order chi connectivity index (χ0) is 36.8. The Bertz CT molecular complexity index is 1520. The van der Waals surface area contributed by atoms with Crippen molar-refractivity contribution >= 4 is 23.6 Å². The van der Waals surface area contributed by atoms with Gasteiger partial charge in [-0.15, -0.1) is 0 Å². The molecule has 1 atom stereocenters. The molecule has 0 saturated carbocycles. The van der Waals surface area contributed by atoms with E-state index in [0.29, 0.717) is 17.9 Å². The smallest absolute Gasteiger partial charge is 0.343 e. The van der Waals surface area contributed by atoms with E-state index in [1.807, 2.05) is 6.92 Å². The fraction of sp³-hybridized carbons (Fsp3) is 0.488. The first-order valence-electron chi connectivity index (χ1n) is 18.5. The fourth-order valence-electron chi connectivity index (χ4n) is 5.49. The van der Waals surface area contributed by atoms with Crippen LogP contribution in [0, 0.1) is 10.1 Å². The number of hydrogen-bond donors (Lipinski definition) is 0. The topological polar surface area (TPSA) is 131 Å². The summed E-state index contributed by atoms with van der Waals surface area (Å²) in [5.74, 6) is -1.68. The Kier molecular flexibility index (Phi) is 18.3. The molecule has 10 nitrogen and oxygen atoms in total. The van der Waals surface area contributed by atoms with Crippen molar-refractivity contribution in [3.63, 3.8) is 0 Å². The maximum atomic E-state index is 12.8. The zero-order valence-electron chi connectivity index (χ0n) is 30.4. The van der Waals surface area contributed by atoms with Crippen LogP contribution < -0.4 is 14.2 Å². The molecular weight excluding hydrogens is 650 g/mol. The van der Waals surface area contributed by atoms with Crippen LogP contribution in [-0.4, -0.2) is 35.5 Å². The molecule has 3 aromatic carbocycles. The number of nitrogens with zero attached hydrogens (tertiary/aromatic N) is 1. The van der Waals surface area contributed by atoms with Crippen molar-refractivity contribution in [3.05, 3.63) is 93.5 Å². The molecular formula is C41H53NO9. The first kappa shape index (κ1) is 40.7. The molecule has 0 radical (unpaired) electrons. The summed E-state index contributed by atoms with van der Waals surface area (Å²) >= 11 is 0. The average Bonchev–Trinajstić information content (AvgIpc) is 3.13. The van der Waals surface area contributed by atoms with Crippen molar-refractivity contribution < 1.29 is 38.3 Å². The highest BCUT2D eigenvalue weighted by Crippen LogP contribution is 2.30. The van der Waals surface area contributed by atoms with Gasteiger partial charge in [-0.3, -0.25) is 10.1 Å². The number of hydrogen-bond acceptors (Lipinski definition) is 9. The van der Waals surface area contributed by atoms with Gasteiger partial charge >= 0.3 is 23.6 Å². The average molecular weight is 704 g/mol. The highest BCUT2D eigenvalue weighted by atomic mass is 16.6. The second kappa shape index (κ2) is 22.9. The van der Waals surface area contributed by atoms with Crippen LogP contribution in [0.1, 0.15) is 148 Å². The molecule has 3 aromatic rings. The highest BCUT2D eigenvalue weighted by Gasteiger charge is 2.23. The Morgan fingerprint density at radius 1 is 0.608 bits per heavy atom. The molecule has 0 spiro atoms. The Morgan fingerprint density at radius 3 is 1.69 bits per heavy atom. The van der Waals surface area contributed by atoms with Crippen molar-refractivity contribution in [2.24, 2.45) is 0 Å². The van der Waals surface area contributed by atoms with Crippen LogP contribution in [0.5, 0.6) is 17.2 Å². The number of carbonyl (C=O) groups excluding carboxylic acids is 3. The van der Waals surface area contributed by atoms with Gasteiger partial charge in [0.2, 0.25) is 5.75 Å². The largest absolute Gasteiger partial charge is 0.494 e. The van der Waals surface area contributed by atoms with Gasteiger partial charge in [0.05, 0.1) is 34.3 Å². The summed E-state index contributed by atoms with van der Waals surface area (Å²) in [4.78, 5) is 49.2. The second-order valence-corrected chi connectivity index (χ2v) is 12.9. The monoisotopic (exact) mass is 703 g/mol. The number of esters is 3. The van der Waals surface area contributed by atoms with Crippen LogP contribution in [0.25, 0.3) is 0 Å². The summed E-state index contributed by atoms with van der Waals surface area (Å²) in [5, 5.41) is 11.8. The highest BCUT2D eigenvalue weighted by molar-refractivity contribution is 5.94. The fourth-order valence-corrected chi connectivity index (χ4v) is 5.49. The lowest BCUT2D eigenvalue weighted by atomic mass is 10.1. The lowest BCUT2D eigenvalue weighted by molar-refractivity contribution is -0.385. The molecule has 0 aliphatic rings. The Morgan fingerprint density at radius 2 is 1.10 bits per heavy atom. The number of nitro groups is 1. The quantitative estimate of drug-likeness (QED) is 0.0294. The maximum absolute atomic E-state index is 12.8. The number of rotatable bonds is 24. The molecule has 0 aromatic heterocycles. The van der Waals surface area contributed by atoms with Gasteiger partial charge in [-0.2, -0.15) is 0 Å². The number of carbonyl (C=O) groups is 3. The van der Waals surface area contributed by atoms with Gasteiger partial charge in [0, 0.05) is 6.07 Å². The van der Waals surface area contributed by atoms with Gasteiger partial charge in [-0.25, -0.2) is 14.4 Å². The molecule has 0 heterocycles. The van der Waals surface area contributed by atoms with Crippen LogP contribution in [-0.2, 0) is 4.74 Å².